The molecule has 1 atom stereocenters. The fourth-order valence-electron chi connectivity index (χ4n) is 2.62. The predicted octanol–water partition coefficient (Wildman–Crippen LogP) is 3.89. The first-order chi connectivity index (χ1) is 12.6. The molecule has 0 saturated heterocycles. The van der Waals surface area contributed by atoms with E-state index in [0.717, 1.165) is 16.7 Å². The molecule has 3 rings (SSSR count). The molecule has 132 valence electrons. The highest BCUT2D eigenvalue weighted by Crippen LogP contribution is 2.16. The second-order valence-electron chi connectivity index (χ2n) is 6.18. The molecular formula is C21H22N4O. The van der Waals surface area contributed by atoms with E-state index in [1.54, 1.807) is 12.4 Å². The minimum atomic E-state index is -0.184. The lowest BCUT2D eigenvalue weighted by atomic mass is 10.1. The van der Waals surface area contributed by atoms with E-state index in [4.69, 9.17) is 0 Å². The number of benzene rings is 2. The van der Waals surface area contributed by atoms with Crippen LogP contribution < -0.4 is 10.6 Å². The van der Waals surface area contributed by atoms with Gasteiger partial charge in [-0.25, -0.2) is 9.97 Å². The lowest BCUT2D eigenvalue weighted by Crippen LogP contribution is -2.23. The Labute approximate surface area is 153 Å². The Bertz CT molecular complexity index is 863. The smallest absolute Gasteiger partial charge is 0.254 e. The van der Waals surface area contributed by atoms with Crippen LogP contribution in [-0.4, -0.2) is 15.9 Å². The maximum absolute atomic E-state index is 12.3. The Morgan fingerprint density at radius 1 is 1.00 bits per heavy atom. The number of hydrogen-bond acceptors (Lipinski definition) is 4. The molecule has 1 heterocycles. The van der Waals surface area contributed by atoms with Gasteiger partial charge in [0.15, 0.2) is 0 Å². The number of rotatable bonds is 6. The lowest BCUT2D eigenvalue weighted by molar-refractivity contribution is 0.0950. The van der Waals surface area contributed by atoms with Crippen molar-refractivity contribution in [3.63, 3.8) is 0 Å². The number of nitrogens with zero attached hydrogens (tertiary/aromatic N) is 2. The lowest BCUT2D eigenvalue weighted by Gasteiger charge is -2.14. The number of anilines is 1. The molecule has 1 aromatic heterocycles. The van der Waals surface area contributed by atoms with Gasteiger partial charge in [-0.3, -0.25) is 4.79 Å². The number of nitrogens with one attached hydrogen (secondary N) is 2. The first-order valence-corrected chi connectivity index (χ1v) is 8.59. The predicted molar refractivity (Wildman–Crippen MR) is 103 cm³/mol. The summed E-state index contributed by atoms with van der Waals surface area (Å²) < 4.78 is 0. The fourth-order valence-corrected chi connectivity index (χ4v) is 2.62. The Morgan fingerprint density at radius 3 is 2.35 bits per heavy atom. The molecule has 0 saturated carbocycles. The molecule has 26 heavy (non-hydrogen) atoms. The van der Waals surface area contributed by atoms with Crippen LogP contribution in [0.4, 0.5) is 5.95 Å². The van der Waals surface area contributed by atoms with E-state index in [-0.39, 0.29) is 11.9 Å². The van der Waals surface area contributed by atoms with Crippen LogP contribution in [0, 0.1) is 6.92 Å². The first kappa shape index (κ1) is 17.6. The van der Waals surface area contributed by atoms with E-state index in [0.29, 0.717) is 18.1 Å². The monoisotopic (exact) mass is 346 g/mol. The van der Waals surface area contributed by atoms with E-state index >= 15 is 0 Å². The van der Waals surface area contributed by atoms with Crippen molar-refractivity contribution in [2.75, 3.05) is 5.32 Å². The van der Waals surface area contributed by atoms with Crippen molar-refractivity contribution in [3.05, 3.63) is 89.2 Å². The molecule has 3 aromatic rings. The van der Waals surface area contributed by atoms with Crippen LogP contribution in [0.5, 0.6) is 0 Å². The van der Waals surface area contributed by atoms with Gasteiger partial charge in [0, 0.05) is 18.9 Å². The van der Waals surface area contributed by atoms with Crippen molar-refractivity contribution >= 4 is 11.9 Å². The van der Waals surface area contributed by atoms with Gasteiger partial charge in [-0.05, 0) is 30.5 Å². The third-order valence-corrected chi connectivity index (χ3v) is 4.26. The van der Waals surface area contributed by atoms with Crippen LogP contribution in [0.1, 0.15) is 40.0 Å². The van der Waals surface area contributed by atoms with Crippen molar-refractivity contribution in [1.82, 2.24) is 15.3 Å². The highest BCUT2D eigenvalue weighted by atomic mass is 16.1. The zero-order valence-corrected chi connectivity index (χ0v) is 14.9. The summed E-state index contributed by atoms with van der Waals surface area (Å²) in [5, 5.41) is 6.14. The van der Waals surface area contributed by atoms with Gasteiger partial charge in [-0.1, -0.05) is 54.6 Å². The molecule has 2 N–H and O–H groups in total. The second-order valence-corrected chi connectivity index (χ2v) is 6.18. The van der Waals surface area contributed by atoms with Gasteiger partial charge in [-0.15, -0.1) is 0 Å². The summed E-state index contributed by atoms with van der Waals surface area (Å²) in [6.45, 7) is 4.55. The summed E-state index contributed by atoms with van der Waals surface area (Å²) in [6.07, 6.45) is 3.08. The third kappa shape index (κ3) is 4.45. The minimum absolute atomic E-state index is 0.0805. The van der Waals surface area contributed by atoms with Crippen LogP contribution in [-0.2, 0) is 6.54 Å². The van der Waals surface area contributed by atoms with Crippen LogP contribution in [0.25, 0.3) is 0 Å². The van der Waals surface area contributed by atoms with E-state index < -0.39 is 0 Å². The number of aryl methyl sites for hydroxylation is 1. The molecule has 1 unspecified atom stereocenters. The average molecular weight is 346 g/mol. The zero-order chi connectivity index (χ0) is 18.4. The Kier molecular flexibility index (Phi) is 5.59. The van der Waals surface area contributed by atoms with Crippen LogP contribution in [0.2, 0.25) is 0 Å². The van der Waals surface area contributed by atoms with Gasteiger partial charge in [0.1, 0.15) is 0 Å². The minimum Gasteiger partial charge on any atom is -0.348 e. The normalized spacial score (nSPS) is 11.6. The van der Waals surface area contributed by atoms with Gasteiger partial charge >= 0.3 is 0 Å². The van der Waals surface area contributed by atoms with E-state index in [2.05, 4.69) is 20.6 Å². The Hall–Kier alpha value is -3.21. The highest BCUT2D eigenvalue weighted by Gasteiger charge is 2.10. The number of carbonyl (C=O) groups excluding carboxylic acids is 1. The van der Waals surface area contributed by atoms with Crippen molar-refractivity contribution in [1.29, 1.82) is 0 Å². The van der Waals surface area contributed by atoms with Crippen LogP contribution >= 0.6 is 0 Å². The Balaban J connectivity index is 1.58. The zero-order valence-electron chi connectivity index (χ0n) is 14.9. The van der Waals surface area contributed by atoms with Gasteiger partial charge in [-0.2, -0.15) is 0 Å². The maximum Gasteiger partial charge on any atom is 0.254 e. The summed E-state index contributed by atoms with van der Waals surface area (Å²) in [4.78, 5) is 20.8. The van der Waals surface area contributed by atoms with E-state index in [1.807, 2.05) is 68.4 Å². The molecule has 2 aromatic carbocycles. The average Bonchev–Trinajstić information content (AvgIpc) is 2.68. The topological polar surface area (TPSA) is 66.9 Å². The van der Waals surface area contributed by atoms with Crippen molar-refractivity contribution in [3.8, 4) is 0 Å². The summed E-state index contributed by atoms with van der Waals surface area (Å²) >= 11 is 0. The number of aromatic nitrogens is 2. The quantitative estimate of drug-likeness (QED) is 0.711. The van der Waals surface area contributed by atoms with E-state index in [1.165, 1.54) is 0 Å². The molecule has 0 bridgehead atoms. The molecule has 1 amide bonds. The first-order valence-electron chi connectivity index (χ1n) is 8.59. The highest BCUT2D eigenvalue weighted by molar-refractivity contribution is 5.93. The van der Waals surface area contributed by atoms with Crippen molar-refractivity contribution < 1.29 is 4.79 Å². The third-order valence-electron chi connectivity index (χ3n) is 4.26. The van der Waals surface area contributed by atoms with Crippen molar-refractivity contribution in [2.45, 2.75) is 26.4 Å². The molecular weight excluding hydrogens is 324 g/mol. The van der Waals surface area contributed by atoms with Crippen LogP contribution in [0.3, 0.4) is 0 Å². The van der Waals surface area contributed by atoms with Crippen molar-refractivity contribution in [2.24, 2.45) is 0 Å². The molecule has 0 aliphatic rings. The SMILES string of the molecule is Cc1ccccc1CNC(=O)c1cnc(NC(C)c2ccccc2)nc1. The second kappa shape index (κ2) is 8.25. The van der Waals surface area contributed by atoms with Crippen LogP contribution in [0.15, 0.2) is 67.0 Å². The van der Waals surface area contributed by atoms with E-state index in [9.17, 15) is 4.79 Å². The molecule has 5 heteroatoms. The molecule has 0 fully saturated rings. The van der Waals surface area contributed by atoms with Gasteiger partial charge in [0.25, 0.3) is 5.91 Å². The molecule has 0 aliphatic carbocycles. The largest absolute Gasteiger partial charge is 0.348 e. The summed E-state index contributed by atoms with van der Waals surface area (Å²) in [5.41, 5.74) is 3.84. The van der Waals surface area contributed by atoms with Gasteiger partial charge in [0.05, 0.1) is 11.6 Å². The fraction of sp³-hybridized carbons (Fsp3) is 0.190. The molecule has 0 spiro atoms. The number of amides is 1. The summed E-state index contributed by atoms with van der Waals surface area (Å²) in [5.74, 6) is 0.313. The van der Waals surface area contributed by atoms with Gasteiger partial charge in [0.2, 0.25) is 5.95 Å². The summed E-state index contributed by atoms with van der Waals surface area (Å²) in [6, 6.07) is 18.1. The maximum atomic E-state index is 12.3. The molecule has 0 aliphatic heterocycles. The van der Waals surface area contributed by atoms with Gasteiger partial charge < -0.3 is 10.6 Å². The number of hydrogen-bond donors (Lipinski definition) is 2. The number of carbonyl (C=O) groups is 1. The standard InChI is InChI=1S/C21H22N4O/c1-15-8-6-7-11-18(15)12-22-20(26)19-13-23-21(24-14-19)25-16(2)17-9-4-3-5-10-17/h3-11,13-14,16H,12H2,1-2H3,(H,22,26)(H,23,24,25). The molecule has 0 radical (unpaired) electrons. The molecule has 5 nitrogen and oxygen atoms in total. The summed E-state index contributed by atoms with van der Waals surface area (Å²) in [7, 11) is 0. The Morgan fingerprint density at radius 2 is 1.65 bits per heavy atom.